The molecule has 16 heavy (non-hydrogen) atoms. The normalized spacial score (nSPS) is 12.4. The molecule has 0 aromatic carbocycles. The van der Waals surface area contributed by atoms with Crippen LogP contribution in [0.1, 0.15) is 17.7 Å². The van der Waals surface area contributed by atoms with Crippen molar-refractivity contribution in [1.29, 1.82) is 0 Å². The maximum absolute atomic E-state index is 11.5. The van der Waals surface area contributed by atoms with Gasteiger partial charge in [-0.15, -0.1) is 0 Å². The van der Waals surface area contributed by atoms with Gasteiger partial charge in [-0.2, -0.15) is 5.10 Å². The predicted octanol–water partition coefficient (Wildman–Crippen LogP) is -0.302. The van der Waals surface area contributed by atoms with Crippen molar-refractivity contribution in [3.8, 4) is 0 Å². The first-order valence-electron chi connectivity index (χ1n) is 5.15. The van der Waals surface area contributed by atoms with Gasteiger partial charge in [-0.3, -0.25) is 9.89 Å². The van der Waals surface area contributed by atoms with Gasteiger partial charge in [0.2, 0.25) is 5.91 Å². The molecule has 0 saturated carbocycles. The topological polar surface area (TPSA) is 93.0 Å². The predicted molar refractivity (Wildman–Crippen MR) is 59.6 cm³/mol. The van der Waals surface area contributed by atoms with Crippen LogP contribution in [0.15, 0.2) is 6.20 Å². The highest BCUT2D eigenvalue weighted by Gasteiger charge is 2.11. The number of hydrogen-bond acceptors (Lipinski definition) is 4. The van der Waals surface area contributed by atoms with Crippen LogP contribution < -0.4 is 11.1 Å². The van der Waals surface area contributed by atoms with Crippen molar-refractivity contribution in [2.75, 3.05) is 13.7 Å². The number of ether oxygens (including phenoxy) is 1. The van der Waals surface area contributed by atoms with Crippen LogP contribution in [0.2, 0.25) is 0 Å². The molecule has 0 saturated heterocycles. The lowest BCUT2D eigenvalue weighted by Crippen LogP contribution is -2.31. The summed E-state index contributed by atoms with van der Waals surface area (Å²) in [6.07, 6.45) is 1.77. The minimum absolute atomic E-state index is 0.0714. The molecule has 0 radical (unpaired) electrons. The Morgan fingerprint density at radius 1 is 1.75 bits per heavy atom. The molecule has 1 aromatic heterocycles. The van der Waals surface area contributed by atoms with Crippen molar-refractivity contribution < 1.29 is 9.53 Å². The van der Waals surface area contributed by atoms with E-state index in [1.807, 2.05) is 6.92 Å². The van der Waals surface area contributed by atoms with E-state index >= 15 is 0 Å². The highest BCUT2D eigenvalue weighted by molar-refractivity contribution is 5.76. The van der Waals surface area contributed by atoms with Gasteiger partial charge in [0.1, 0.15) is 0 Å². The first-order chi connectivity index (χ1) is 7.67. The molecular weight excluding hydrogens is 208 g/mol. The highest BCUT2D eigenvalue weighted by Crippen LogP contribution is 2.02. The molecule has 0 spiro atoms. The van der Waals surface area contributed by atoms with Crippen molar-refractivity contribution in [3.63, 3.8) is 0 Å². The fourth-order valence-corrected chi connectivity index (χ4v) is 1.29. The molecule has 4 N–H and O–H groups in total. The van der Waals surface area contributed by atoms with Crippen LogP contribution in [0.5, 0.6) is 0 Å². The fraction of sp³-hybridized carbons (Fsp3) is 0.600. The Kier molecular flexibility index (Phi) is 4.94. The maximum Gasteiger partial charge on any atom is 0.222 e. The number of carbonyl (C=O) groups excluding carboxylic acids is 1. The molecule has 0 aliphatic rings. The Hall–Kier alpha value is -1.40. The van der Waals surface area contributed by atoms with Gasteiger partial charge < -0.3 is 15.8 Å². The van der Waals surface area contributed by atoms with E-state index in [9.17, 15) is 4.79 Å². The lowest BCUT2D eigenvalue weighted by molar-refractivity contribution is -0.123. The zero-order valence-corrected chi connectivity index (χ0v) is 9.62. The molecule has 1 heterocycles. The minimum Gasteiger partial charge on any atom is -0.380 e. The number of H-pyrrole nitrogens is 1. The molecule has 1 aromatic rings. The summed E-state index contributed by atoms with van der Waals surface area (Å²) in [6, 6.07) is 0. The van der Waals surface area contributed by atoms with Crippen LogP contribution in [-0.2, 0) is 16.1 Å². The van der Waals surface area contributed by atoms with Crippen LogP contribution in [0.3, 0.4) is 0 Å². The molecule has 6 nitrogen and oxygen atoms in total. The number of nitrogens with zero attached hydrogens (tertiary/aromatic N) is 1. The number of carbonyl (C=O) groups is 1. The fourth-order valence-electron chi connectivity index (χ4n) is 1.29. The zero-order chi connectivity index (χ0) is 12.0. The van der Waals surface area contributed by atoms with Gasteiger partial charge >= 0.3 is 0 Å². The number of hydrogen-bond donors (Lipinski definition) is 3. The molecule has 1 amide bonds. The van der Waals surface area contributed by atoms with E-state index in [0.29, 0.717) is 13.1 Å². The first kappa shape index (κ1) is 12.7. The second-order valence-electron chi connectivity index (χ2n) is 3.59. The second kappa shape index (κ2) is 6.24. The van der Waals surface area contributed by atoms with E-state index in [2.05, 4.69) is 15.5 Å². The Balaban J connectivity index is 2.33. The smallest absolute Gasteiger partial charge is 0.222 e. The van der Waals surface area contributed by atoms with E-state index in [1.165, 1.54) is 0 Å². The van der Waals surface area contributed by atoms with E-state index in [4.69, 9.17) is 10.5 Å². The van der Waals surface area contributed by atoms with E-state index in [0.717, 1.165) is 11.3 Å². The van der Waals surface area contributed by atoms with Crippen molar-refractivity contribution in [2.24, 2.45) is 5.73 Å². The zero-order valence-electron chi connectivity index (χ0n) is 9.62. The summed E-state index contributed by atoms with van der Waals surface area (Å²) >= 11 is 0. The molecule has 90 valence electrons. The van der Waals surface area contributed by atoms with Gasteiger partial charge in [-0.05, 0) is 6.92 Å². The largest absolute Gasteiger partial charge is 0.380 e. The first-order valence-corrected chi connectivity index (χ1v) is 5.15. The molecule has 0 fully saturated rings. The summed E-state index contributed by atoms with van der Waals surface area (Å²) in [7, 11) is 1.55. The van der Waals surface area contributed by atoms with Gasteiger partial charge in [0.15, 0.2) is 0 Å². The van der Waals surface area contributed by atoms with Gasteiger partial charge in [0, 0.05) is 31.5 Å². The summed E-state index contributed by atoms with van der Waals surface area (Å²) in [5.74, 6) is -0.0714. The number of aromatic nitrogens is 2. The Labute approximate surface area is 94.5 Å². The maximum atomic E-state index is 11.5. The molecule has 6 heteroatoms. The third-order valence-corrected chi connectivity index (χ3v) is 2.42. The molecule has 1 unspecified atom stereocenters. The average molecular weight is 226 g/mol. The van der Waals surface area contributed by atoms with Gasteiger partial charge in [-0.25, -0.2) is 0 Å². The Morgan fingerprint density at radius 3 is 3.00 bits per heavy atom. The molecule has 1 atom stereocenters. The molecular formula is C10H18N4O2. The second-order valence-corrected chi connectivity index (χ2v) is 3.59. The quantitative estimate of drug-likeness (QED) is 0.620. The Bertz CT molecular complexity index is 333. The van der Waals surface area contributed by atoms with Crippen molar-refractivity contribution in [3.05, 3.63) is 17.5 Å². The lowest BCUT2D eigenvalue weighted by Gasteiger charge is -2.12. The molecule has 0 aliphatic carbocycles. The number of methoxy groups -OCH3 is 1. The number of aromatic amines is 1. The van der Waals surface area contributed by atoms with Crippen LogP contribution in [0.4, 0.5) is 0 Å². The average Bonchev–Trinajstić information content (AvgIpc) is 2.69. The molecule has 1 rings (SSSR count). The molecule has 0 aliphatic heterocycles. The molecule has 0 bridgehead atoms. The summed E-state index contributed by atoms with van der Waals surface area (Å²) in [5.41, 5.74) is 7.37. The SMILES string of the molecule is COC(CN)CC(=O)NCc1cn[nH]c1C. The van der Waals surface area contributed by atoms with Crippen molar-refractivity contribution in [1.82, 2.24) is 15.5 Å². The highest BCUT2D eigenvalue weighted by atomic mass is 16.5. The summed E-state index contributed by atoms with van der Waals surface area (Å²) in [6.45, 7) is 2.73. The third kappa shape index (κ3) is 3.63. The minimum atomic E-state index is -0.217. The van der Waals surface area contributed by atoms with E-state index in [1.54, 1.807) is 13.3 Å². The van der Waals surface area contributed by atoms with Crippen LogP contribution >= 0.6 is 0 Å². The summed E-state index contributed by atoms with van der Waals surface area (Å²) in [4.78, 5) is 11.5. The number of amides is 1. The number of nitrogens with two attached hydrogens (primary N) is 1. The van der Waals surface area contributed by atoms with Crippen LogP contribution in [-0.4, -0.2) is 35.9 Å². The summed E-state index contributed by atoms with van der Waals surface area (Å²) in [5, 5.41) is 9.47. The standard InChI is InChI=1S/C10H18N4O2/c1-7-8(6-13-14-7)5-12-10(15)3-9(4-11)16-2/h6,9H,3-5,11H2,1-2H3,(H,12,15)(H,13,14). The summed E-state index contributed by atoms with van der Waals surface area (Å²) < 4.78 is 5.03. The van der Waals surface area contributed by atoms with Crippen molar-refractivity contribution >= 4 is 5.91 Å². The van der Waals surface area contributed by atoms with Crippen LogP contribution in [0.25, 0.3) is 0 Å². The van der Waals surface area contributed by atoms with Gasteiger partial charge in [0.25, 0.3) is 0 Å². The van der Waals surface area contributed by atoms with Gasteiger partial charge in [-0.1, -0.05) is 0 Å². The third-order valence-electron chi connectivity index (χ3n) is 2.42. The van der Waals surface area contributed by atoms with E-state index < -0.39 is 0 Å². The van der Waals surface area contributed by atoms with Gasteiger partial charge in [0.05, 0.1) is 18.7 Å². The monoisotopic (exact) mass is 226 g/mol. The van der Waals surface area contributed by atoms with Crippen molar-refractivity contribution in [2.45, 2.75) is 26.0 Å². The van der Waals surface area contributed by atoms with E-state index in [-0.39, 0.29) is 18.4 Å². The number of nitrogens with one attached hydrogen (secondary N) is 2. The number of rotatable bonds is 6. The number of aryl methyl sites for hydroxylation is 1. The van der Waals surface area contributed by atoms with Crippen LogP contribution in [0, 0.1) is 6.92 Å². The Morgan fingerprint density at radius 2 is 2.50 bits per heavy atom. The lowest BCUT2D eigenvalue weighted by atomic mass is 10.2.